The molecule has 3 N–H and O–H groups in total. The summed E-state index contributed by atoms with van der Waals surface area (Å²) in [5, 5.41) is 29.1. The Morgan fingerprint density at radius 3 is 2.33 bits per heavy atom. The van der Waals surface area contributed by atoms with Crippen molar-refractivity contribution in [2.45, 2.75) is 6.92 Å². The van der Waals surface area contributed by atoms with Gasteiger partial charge >= 0.3 is 0 Å². The number of aromatic hydroxyl groups is 3. The topological polar surface area (TPSA) is 90.9 Å². The molecule has 0 atom stereocenters. The Morgan fingerprint density at radius 2 is 1.67 bits per heavy atom. The van der Waals surface area contributed by atoms with Gasteiger partial charge in [-0.3, -0.25) is 4.79 Å². The standard InChI is InChI=1S/C16H12O5/c1-8-2-4-9(5-3-8)16-15(20)14(19)13-11(18)6-10(17)7-12(13)21-16/h2-7,17-18,20H,1H3. The van der Waals surface area contributed by atoms with E-state index >= 15 is 0 Å². The van der Waals surface area contributed by atoms with Crippen molar-refractivity contribution in [2.75, 3.05) is 0 Å². The highest BCUT2D eigenvalue weighted by molar-refractivity contribution is 5.88. The highest BCUT2D eigenvalue weighted by atomic mass is 16.4. The summed E-state index contributed by atoms with van der Waals surface area (Å²) in [7, 11) is 0. The van der Waals surface area contributed by atoms with Gasteiger partial charge in [0.05, 0.1) is 0 Å². The number of fused-ring (bicyclic) bond motifs is 1. The van der Waals surface area contributed by atoms with Gasteiger partial charge in [-0.15, -0.1) is 0 Å². The Labute approximate surface area is 119 Å². The average Bonchev–Trinajstić information content (AvgIpc) is 2.43. The zero-order valence-electron chi connectivity index (χ0n) is 11.1. The van der Waals surface area contributed by atoms with E-state index in [1.54, 1.807) is 12.1 Å². The molecule has 0 aliphatic carbocycles. The molecule has 5 heteroatoms. The van der Waals surface area contributed by atoms with E-state index in [2.05, 4.69) is 0 Å². The second kappa shape index (κ2) is 4.56. The van der Waals surface area contributed by atoms with Crippen molar-refractivity contribution in [1.29, 1.82) is 0 Å². The minimum Gasteiger partial charge on any atom is -0.508 e. The molecule has 0 aliphatic heterocycles. The molecule has 1 heterocycles. The first-order valence-corrected chi connectivity index (χ1v) is 6.26. The molecule has 0 radical (unpaired) electrons. The lowest BCUT2D eigenvalue weighted by Crippen LogP contribution is -2.02. The summed E-state index contributed by atoms with van der Waals surface area (Å²) < 4.78 is 5.49. The number of hydrogen-bond acceptors (Lipinski definition) is 5. The van der Waals surface area contributed by atoms with Crippen LogP contribution in [0.1, 0.15) is 5.56 Å². The normalized spacial score (nSPS) is 10.9. The second-order valence-corrected chi connectivity index (χ2v) is 4.81. The smallest absolute Gasteiger partial charge is 0.238 e. The summed E-state index contributed by atoms with van der Waals surface area (Å²) in [6.07, 6.45) is 0. The third-order valence-electron chi connectivity index (χ3n) is 3.25. The molecular formula is C16H12O5. The van der Waals surface area contributed by atoms with E-state index in [9.17, 15) is 20.1 Å². The molecule has 5 nitrogen and oxygen atoms in total. The van der Waals surface area contributed by atoms with E-state index in [4.69, 9.17) is 4.42 Å². The Bertz CT molecular complexity index is 891. The molecule has 21 heavy (non-hydrogen) atoms. The molecule has 0 saturated carbocycles. The number of phenolic OH excluding ortho intramolecular Hbond substituents is 2. The number of aryl methyl sites for hydroxylation is 1. The molecule has 0 aliphatic rings. The largest absolute Gasteiger partial charge is 0.508 e. The predicted molar refractivity (Wildman–Crippen MR) is 77.7 cm³/mol. The van der Waals surface area contributed by atoms with Crippen molar-refractivity contribution < 1.29 is 19.7 Å². The minimum atomic E-state index is -0.746. The monoisotopic (exact) mass is 284 g/mol. The maximum atomic E-state index is 12.2. The van der Waals surface area contributed by atoms with Crippen molar-refractivity contribution >= 4 is 11.0 Å². The van der Waals surface area contributed by atoms with Gasteiger partial charge in [0.15, 0.2) is 5.76 Å². The molecule has 0 saturated heterocycles. The summed E-state index contributed by atoms with van der Waals surface area (Å²) in [6.45, 7) is 1.91. The van der Waals surface area contributed by atoms with Crippen LogP contribution in [0.25, 0.3) is 22.3 Å². The fraction of sp³-hybridized carbons (Fsp3) is 0.0625. The van der Waals surface area contributed by atoms with Crippen molar-refractivity contribution in [2.24, 2.45) is 0 Å². The minimum absolute atomic E-state index is 0.00231. The van der Waals surface area contributed by atoms with Crippen LogP contribution in [0.3, 0.4) is 0 Å². The zero-order valence-corrected chi connectivity index (χ0v) is 11.1. The molecule has 3 rings (SSSR count). The van der Waals surface area contributed by atoms with E-state index in [1.807, 2.05) is 19.1 Å². The first kappa shape index (κ1) is 13.1. The van der Waals surface area contributed by atoms with Crippen LogP contribution < -0.4 is 5.43 Å². The molecule has 2 aromatic carbocycles. The Balaban J connectivity index is 2.37. The summed E-state index contributed by atoms with van der Waals surface area (Å²) in [5.74, 6) is -1.25. The van der Waals surface area contributed by atoms with Crippen molar-refractivity contribution in [3.63, 3.8) is 0 Å². The lowest BCUT2D eigenvalue weighted by Gasteiger charge is -2.07. The Morgan fingerprint density at radius 1 is 1.00 bits per heavy atom. The second-order valence-electron chi connectivity index (χ2n) is 4.81. The summed E-state index contributed by atoms with van der Waals surface area (Å²) in [6, 6.07) is 9.29. The number of hydrogen-bond donors (Lipinski definition) is 3. The molecule has 0 spiro atoms. The van der Waals surface area contributed by atoms with Crippen LogP contribution in [0.5, 0.6) is 17.2 Å². The third kappa shape index (κ3) is 2.08. The van der Waals surface area contributed by atoms with Crippen LogP contribution in [0.4, 0.5) is 0 Å². The average molecular weight is 284 g/mol. The number of benzene rings is 2. The Kier molecular flexibility index (Phi) is 2.83. The van der Waals surface area contributed by atoms with Gasteiger partial charge in [-0.1, -0.05) is 29.8 Å². The highest BCUT2D eigenvalue weighted by Crippen LogP contribution is 2.34. The van der Waals surface area contributed by atoms with Crippen LogP contribution >= 0.6 is 0 Å². The fourth-order valence-electron chi connectivity index (χ4n) is 2.18. The first-order chi connectivity index (χ1) is 9.97. The molecular weight excluding hydrogens is 272 g/mol. The Hall–Kier alpha value is -2.95. The van der Waals surface area contributed by atoms with Gasteiger partial charge in [-0.2, -0.15) is 0 Å². The van der Waals surface area contributed by atoms with Crippen molar-refractivity contribution in [1.82, 2.24) is 0 Å². The molecule has 0 fully saturated rings. The lowest BCUT2D eigenvalue weighted by molar-refractivity contribution is 0.438. The lowest BCUT2D eigenvalue weighted by atomic mass is 10.1. The van der Waals surface area contributed by atoms with E-state index < -0.39 is 16.9 Å². The van der Waals surface area contributed by atoms with Crippen LogP contribution in [-0.4, -0.2) is 15.3 Å². The summed E-state index contributed by atoms with van der Waals surface area (Å²) in [4.78, 5) is 12.2. The molecule has 1 aromatic heterocycles. The van der Waals surface area contributed by atoms with Gasteiger partial charge in [0.2, 0.25) is 11.2 Å². The maximum Gasteiger partial charge on any atom is 0.238 e. The number of phenols is 2. The molecule has 0 bridgehead atoms. The molecule has 106 valence electrons. The number of rotatable bonds is 1. The van der Waals surface area contributed by atoms with Gasteiger partial charge < -0.3 is 19.7 Å². The summed E-state index contributed by atoms with van der Waals surface area (Å²) in [5.41, 5.74) is 0.812. The fourth-order valence-corrected chi connectivity index (χ4v) is 2.18. The van der Waals surface area contributed by atoms with Crippen LogP contribution in [0, 0.1) is 6.92 Å². The van der Waals surface area contributed by atoms with E-state index in [0.29, 0.717) is 5.56 Å². The SMILES string of the molecule is Cc1ccc(-c2oc3cc(O)cc(O)c3c(=O)c2O)cc1. The maximum absolute atomic E-state index is 12.2. The van der Waals surface area contributed by atoms with Gasteiger partial charge in [0.25, 0.3) is 0 Å². The van der Waals surface area contributed by atoms with E-state index in [1.165, 1.54) is 6.07 Å². The van der Waals surface area contributed by atoms with E-state index in [-0.39, 0.29) is 22.5 Å². The molecule has 3 aromatic rings. The van der Waals surface area contributed by atoms with Crippen LogP contribution in [0.2, 0.25) is 0 Å². The summed E-state index contributed by atoms with van der Waals surface area (Å²) >= 11 is 0. The first-order valence-electron chi connectivity index (χ1n) is 6.26. The van der Waals surface area contributed by atoms with E-state index in [0.717, 1.165) is 11.6 Å². The highest BCUT2D eigenvalue weighted by Gasteiger charge is 2.18. The molecule has 0 unspecified atom stereocenters. The molecule has 0 amide bonds. The van der Waals surface area contributed by atoms with Crippen LogP contribution in [-0.2, 0) is 0 Å². The third-order valence-corrected chi connectivity index (χ3v) is 3.25. The zero-order chi connectivity index (χ0) is 15.1. The van der Waals surface area contributed by atoms with Gasteiger partial charge in [-0.25, -0.2) is 0 Å². The van der Waals surface area contributed by atoms with Crippen molar-refractivity contribution in [3.05, 3.63) is 52.2 Å². The predicted octanol–water partition coefficient (Wildman–Crippen LogP) is 2.89. The van der Waals surface area contributed by atoms with Crippen LogP contribution in [0.15, 0.2) is 45.6 Å². The van der Waals surface area contributed by atoms with Gasteiger partial charge in [-0.05, 0) is 6.92 Å². The van der Waals surface area contributed by atoms with Crippen molar-refractivity contribution in [3.8, 4) is 28.6 Å². The van der Waals surface area contributed by atoms with Gasteiger partial charge in [0, 0.05) is 17.7 Å². The van der Waals surface area contributed by atoms with Gasteiger partial charge in [0.1, 0.15) is 22.5 Å². The quantitative estimate of drug-likeness (QED) is 0.639.